The van der Waals surface area contributed by atoms with E-state index < -0.39 is 11.6 Å². The van der Waals surface area contributed by atoms with Gasteiger partial charge in [-0.05, 0) is 96.1 Å². The minimum atomic E-state index is -0.688. The molecular weight excluding hydrogens is 841 g/mol. The first-order valence-electron chi connectivity index (χ1n) is 22.6. The van der Waals surface area contributed by atoms with Crippen LogP contribution < -0.4 is 0 Å². The summed E-state index contributed by atoms with van der Waals surface area (Å²) in [7, 11) is 0. The first-order valence-corrected chi connectivity index (χ1v) is 22.6. The molecule has 0 radical (unpaired) electrons. The van der Waals surface area contributed by atoms with Gasteiger partial charge >= 0.3 is 0 Å². The Labute approximate surface area is 387 Å². The van der Waals surface area contributed by atoms with Crippen LogP contribution in [0.25, 0.3) is 121 Å². The van der Waals surface area contributed by atoms with E-state index in [1.54, 1.807) is 0 Å². The van der Waals surface area contributed by atoms with Crippen LogP contribution in [0, 0.1) is 23.0 Å². The summed E-state index contributed by atoms with van der Waals surface area (Å²) >= 11 is 0. The number of halogens is 2. The van der Waals surface area contributed by atoms with Crippen LogP contribution in [0.3, 0.4) is 0 Å². The van der Waals surface area contributed by atoms with Crippen LogP contribution >= 0.6 is 0 Å². The van der Waals surface area contributed by atoms with Crippen LogP contribution in [0.1, 0.15) is 5.56 Å². The predicted octanol–water partition coefficient (Wildman–Crippen LogP) is 15.9. The Morgan fingerprint density at radius 3 is 1.12 bits per heavy atom. The molecule has 0 saturated carbocycles. The van der Waals surface area contributed by atoms with Crippen molar-refractivity contribution < 1.29 is 8.78 Å². The fourth-order valence-corrected chi connectivity index (χ4v) is 11.2. The second-order valence-corrected chi connectivity index (χ2v) is 17.5. The van der Waals surface area contributed by atoms with E-state index in [1.165, 1.54) is 12.1 Å². The summed E-state index contributed by atoms with van der Waals surface area (Å²) in [5, 5.41) is 20.1. The molecule has 4 aromatic heterocycles. The SMILES string of the molecule is N#Cc1c(-n2c3ccccc3c3ccc4c(c5ccccc5n4-c4ccccc4)c32)cc(-c2cc(F)cc(F)c2)cc1-n1c2ccccc2c2ccc3c(c4ccccc4n3-c3ccccc3)c21. The first-order chi connectivity index (χ1) is 33.6. The quantitative estimate of drug-likeness (QED) is 0.170. The van der Waals surface area contributed by atoms with Crippen molar-refractivity contribution in [2.45, 2.75) is 0 Å². The molecule has 10 aromatic carbocycles. The Balaban J connectivity index is 1.19. The summed E-state index contributed by atoms with van der Waals surface area (Å²) in [5.41, 5.74) is 12.3. The predicted molar refractivity (Wildman–Crippen MR) is 274 cm³/mol. The van der Waals surface area contributed by atoms with E-state index in [0.29, 0.717) is 28.1 Å². The van der Waals surface area contributed by atoms with Crippen LogP contribution in [-0.4, -0.2) is 18.3 Å². The molecule has 5 nitrogen and oxygen atoms in total. The maximum Gasteiger partial charge on any atom is 0.126 e. The maximum atomic E-state index is 15.5. The van der Waals surface area contributed by atoms with Gasteiger partial charge in [0.15, 0.2) is 0 Å². The van der Waals surface area contributed by atoms with E-state index in [1.807, 2.05) is 48.5 Å². The molecule has 0 aliphatic carbocycles. The third kappa shape index (κ3) is 5.28. The van der Waals surface area contributed by atoms with Crippen molar-refractivity contribution in [3.05, 3.63) is 230 Å². The molecule has 0 amide bonds. The minimum Gasteiger partial charge on any atom is -0.309 e. The zero-order chi connectivity index (χ0) is 45.2. The summed E-state index contributed by atoms with van der Waals surface area (Å²) in [5.74, 6) is -1.38. The number of para-hydroxylation sites is 6. The number of rotatable bonds is 5. The smallest absolute Gasteiger partial charge is 0.126 e. The number of fused-ring (bicyclic) bond motifs is 14. The van der Waals surface area contributed by atoms with Gasteiger partial charge in [-0.2, -0.15) is 5.26 Å². The Kier molecular flexibility index (Phi) is 8.05. The summed E-state index contributed by atoms with van der Waals surface area (Å²) < 4.78 is 39.9. The van der Waals surface area contributed by atoms with Gasteiger partial charge in [0.2, 0.25) is 0 Å². The molecule has 0 aliphatic rings. The van der Waals surface area contributed by atoms with E-state index >= 15 is 8.78 Å². The van der Waals surface area contributed by atoms with Crippen molar-refractivity contribution >= 4 is 87.2 Å². The lowest BCUT2D eigenvalue weighted by molar-refractivity contribution is 0.584. The van der Waals surface area contributed by atoms with E-state index in [9.17, 15) is 5.26 Å². The highest BCUT2D eigenvalue weighted by Crippen LogP contribution is 2.47. The van der Waals surface area contributed by atoms with Crippen molar-refractivity contribution in [1.82, 2.24) is 18.3 Å². The molecule has 0 N–H and O–H groups in total. The molecule has 0 fully saturated rings. The Hall–Kier alpha value is -9.25. The summed E-state index contributed by atoms with van der Waals surface area (Å²) in [6.45, 7) is 0. The lowest BCUT2D eigenvalue weighted by atomic mass is 9.99. The third-order valence-corrected chi connectivity index (χ3v) is 13.9. The van der Waals surface area contributed by atoms with Gasteiger partial charge in [0.05, 0.1) is 55.5 Å². The second-order valence-electron chi connectivity index (χ2n) is 17.5. The molecule has 0 unspecified atom stereocenters. The van der Waals surface area contributed by atoms with Crippen LogP contribution in [0.15, 0.2) is 212 Å². The van der Waals surface area contributed by atoms with Gasteiger partial charge < -0.3 is 18.3 Å². The number of hydrogen-bond donors (Lipinski definition) is 0. The van der Waals surface area contributed by atoms with Crippen molar-refractivity contribution in [2.24, 2.45) is 0 Å². The summed E-state index contributed by atoms with van der Waals surface area (Å²) in [6, 6.07) is 73.2. The molecule has 4 heterocycles. The molecule has 0 atom stereocenters. The molecule has 14 aromatic rings. The molecule has 7 heteroatoms. The topological polar surface area (TPSA) is 43.5 Å². The highest BCUT2D eigenvalue weighted by molar-refractivity contribution is 6.28. The van der Waals surface area contributed by atoms with Gasteiger partial charge in [-0.3, -0.25) is 0 Å². The van der Waals surface area contributed by atoms with Crippen molar-refractivity contribution in [2.75, 3.05) is 0 Å². The lowest BCUT2D eigenvalue weighted by Crippen LogP contribution is -2.06. The van der Waals surface area contributed by atoms with Crippen molar-refractivity contribution in [1.29, 1.82) is 5.26 Å². The number of nitrogens with zero attached hydrogens (tertiary/aromatic N) is 5. The molecule has 0 spiro atoms. The zero-order valence-electron chi connectivity index (χ0n) is 36.2. The van der Waals surface area contributed by atoms with Crippen LogP contribution in [-0.2, 0) is 0 Å². The standard InChI is InChI=1S/C61H35F2N5/c62-39-31-37(32-40(63)35-39)38-33-56(67-50-23-11-7-19-43(50)45-27-29-54-58(60(45)67)47-21-9-13-25-52(47)65(54)41-15-3-1-4-16-41)49(36-64)57(34-38)68-51-24-12-8-20-44(51)46-28-30-55-59(61(46)68)48-22-10-14-26-53(48)66(55)42-17-5-2-6-18-42/h1-35H. The summed E-state index contributed by atoms with van der Waals surface area (Å²) in [6.07, 6.45) is 0. The number of nitriles is 1. The molecule has 318 valence electrons. The largest absolute Gasteiger partial charge is 0.309 e. The zero-order valence-corrected chi connectivity index (χ0v) is 36.2. The Morgan fingerprint density at radius 2 is 0.691 bits per heavy atom. The van der Waals surface area contributed by atoms with Crippen molar-refractivity contribution in [3.8, 4) is 39.9 Å². The fourth-order valence-electron chi connectivity index (χ4n) is 11.2. The van der Waals surface area contributed by atoms with Crippen LogP contribution in [0.4, 0.5) is 8.78 Å². The Morgan fingerprint density at radius 1 is 0.324 bits per heavy atom. The minimum absolute atomic E-state index is 0.354. The molecule has 68 heavy (non-hydrogen) atoms. The van der Waals surface area contributed by atoms with Crippen LogP contribution in [0.2, 0.25) is 0 Å². The molecular formula is C61H35F2N5. The third-order valence-electron chi connectivity index (χ3n) is 13.9. The van der Waals surface area contributed by atoms with Gasteiger partial charge in [-0.15, -0.1) is 0 Å². The van der Waals surface area contributed by atoms with Gasteiger partial charge in [0.25, 0.3) is 0 Å². The monoisotopic (exact) mass is 875 g/mol. The Bertz CT molecular complexity index is 4200. The highest BCUT2D eigenvalue weighted by atomic mass is 19.1. The second kappa shape index (κ2) is 14.4. The van der Waals surface area contributed by atoms with E-state index in [2.05, 4.69) is 170 Å². The van der Waals surface area contributed by atoms with Gasteiger partial charge in [-0.1, -0.05) is 121 Å². The molecule has 0 bridgehead atoms. The summed E-state index contributed by atoms with van der Waals surface area (Å²) in [4.78, 5) is 0. The molecule has 0 saturated heterocycles. The average Bonchev–Trinajstić information content (AvgIpc) is 4.11. The fraction of sp³-hybridized carbons (Fsp3) is 0. The number of benzene rings is 10. The normalized spacial score (nSPS) is 12.0. The van der Waals surface area contributed by atoms with E-state index in [0.717, 1.165) is 105 Å². The van der Waals surface area contributed by atoms with Crippen molar-refractivity contribution in [3.63, 3.8) is 0 Å². The van der Waals surface area contributed by atoms with Gasteiger partial charge in [-0.25, -0.2) is 8.78 Å². The number of hydrogen-bond acceptors (Lipinski definition) is 1. The van der Waals surface area contributed by atoms with E-state index in [4.69, 9.17) is 0 Å². The van der Waals surface area contributed by atoms with E-state index in [-0.39, 0.29) is 0 Å². The first kappa shape index (κ1) is 38.1. The van der Waals surface area contributed by atoms with Crippen LogP contribution in [0.5, 0.6) is 0 Å². The van der Waals surface area contributed by atoms with Gasteiger partial charge in [0.1, 0.15) is 23.3 Å². The average molecular weight is 876 g/mol. The highest BCUT2D eigenvalue weighted by Gasteiger charge is 2.27. The maximum absolute atomic E-state index is 15.5. The number of aromatic nitrogens is 4. The lowest BCUT2D eigenvalue weighted by Gasteiger charge is -2.19. The van der Waals surface area contributed by atoms with Gasteiger partial charge in [0, 0.05) is 60.5 Å². The molecule has 14 rings (SSSR count). The molecule has 0 aliphatic heterocycles.